The van der Waals surface area contributed by atoms with E-state index in [-0.39, 0.29) is 33.5 Å². The molecule has 0 unspecified atom stereocenters. The molecular formula is C28H32ClF2N5O4S. The van der Waals surface area contributed by atoms with Crippen LogP contribution >= 0.6 is 11.6 Å². The Morgan fingerprint density at radius 2 is 1.80 bits per heavy atom. The van der Waals surface area contributed by atoms with Crippen LogP contribution in [-0.2, 0) is 10.0 Å². The molecule has 41 heavy (non-hydrogen) atoms. The number of methoxy groups -OCH3 is 1. The molecule has 1 aromatic heterocycles. The first-order chi connectivity index (χ1) is 19.6. The Bertz CT molecular complexity index is 1550. The predicted octanol–water partition coefficient (Wildman–Crippen LogP) is 4.06. The minimum Gasteiger partial charge on any atom is -0.494 e. The SMILES string of the molecule is COc1ccc(-c2cnc(C)n2-c2ccc(C(=O)N3CCC(NS(=O)(=O)C4CCNCC4)CC3)c(Cl)c2)c(F)c1F. The molecule has 0 aliphatic carbocycles. The summed E-state index contributed by atoms with van der Waals surface area (Å²) in [6.45, 7) is 3.89. The van der Waals surface area contributed by atoms with Crippen molar-refractivity contribution >= 4 is 27.5 Å². The lowest BCUT2D eigenvalue weighted by Gasteiger charge is -2.33. The molecule has 5 rings (SSSR count). The van der Waals surface area contributed by atoms with E-state index in [0.29, 0.717) is 74.6 Å². The van der Waals surface area contributed by atoms with Gasteiger partial charge in [-0.05, 0) is 76.0 Å². The molecule has 3 aromatic rings. The average Bonchev–Trinajstić information content (AvgIpc) is 3.35. The maximum Gasteiger partial charge on any atom is 0.255 e. The number of carbonyl (C=O) groups excluding carboxylic acids is 1. The van der Waals surface area contributed by atoms with Gasteiger partial charge in [0.1, 0.15) is 5.82 Å². The summed E-state index contributed by atoms with van der Waals surface area (Å²) in [5.41, 5.74) is 1.13. The largest absolute Gasteiger partial charge is 0.494 e. The molecule has 13 heteroatoms. The fourth-order valence-electron chi connectivity index (χ4n) is 5.47. The van der Waals surface area contributed by atoms with E-state index < -0.39 is 21.7 Å². The van der Waals surface area contributed by atoms with Crippen LogP contribution in [-0.4, -0.2) is 73.4 Å². The molecule has 3 heterocycles. The summed E-state index contributed by atoms with van der Waals surface area (Å²) in [6, 6.07) is 7.40. The highest BCUT2D eigenvalue weighted by Gasteiger charge is 2.32. The van der Waals surface area contributed by atoms with Crippen LogP contribution < -0.4 is 14.8 Å². The van der Waals surface area contributed by atoms with E-state index in [1.807, 2.05) is 0 Å². The van der Waals surface area contributed by atoms with Gasteiger partial charge in [-0.15, -0.1) is 0 Å². The van der Waals surface area contributed by atoms with Crippen molar-refractivity contribution in [1.82, 2.24) is 24.5 Å². The minimum atomic E-state index is -3.41. The number of sulfonamides is 1. The Kier molecular flexibility index (Phi) is 8.65. The van der Waals surface area contributed by atoms with Gasteiger partial charge in [0.05, 0.1) is 34.8 Å². The first kappa shape index (κ1) is 29.4. The van der Waals surface area contributed by atoms with Gasteiger partial charge in [-0.3, -0.25) is 9.36 Å². The van der Waals surface area contributed by atoms with E-state index in [1.54, 1.807) is 34.6 Å². The zero-order valence-corrected chi connectivity index (χ0v) is 24.4. The molecule has 220 valence electrons. The van der Waals surface area contributed by atoms with Crippen LogP contribution in [0.4, 0.5) is 8.78 Å². The number of amides is 1. The molecule has 2 aliphatic rings. The highest BCUT2D eigenvalue weighted by Crippen LogP contribution is 2.33. The van der Waals surface area contributed by atoms with Gasteiger partial charge in [0, 0.05) is 30.4 Å². The highest BCUT2D eigenvalue weighted by atomic mass is 35.5. The van der Waals surface area contributed by atoms with Gasteiger partial charge >= 0.3 is 0 Å². The van der Waals surface area contributed by atoms with Gasteiger partial charge in [0.25, 0.3) is 5.91 Å². The van der Waals surface area contributed by atoms with Crippen molar-refractivity contribution in [2.45, 2.75) is 43.9 Å². The molecule has 0 bridgehead atoms. The Morgan fingerprint density at radius 1 is 1.10 bits per heavy atom. The molecule has 0 spiro atoms. The zero-order chi connectivity index (χ0) is 29.3. The van der Waals surface area contributed by atoms with Crippen LogP contribution in [0, 0.1) is 18.6 Å². The monoisotopic (exact) mass is 607 g/mol. The Balaban J connectivity index is 1.30. The number of ether oxygens (including phenoxy) is 1. The molecule has 2 aliphatic heterocycles. The second kappa shape index (κ2) is 12.0. The number of rotatable bonds is 7. The third-order valence-electron chi connectivity index (χ3n) is 7.76. The van der Waals surface area contributed by atoms with Crippen LogP contribution in [0.5, 0.6) is 5.75 Å². The van der Waals surface area contributed by atoms with Crippen molar-refractivity contribution in [3.8, 4) is 22.7 Å². The number of carbonyl (C=O) groups is 1. The van der Waals surface area contributed by atoms with Crippen molar-refractivity contribution in [3.63, 3.8) is 0 Å². The van der Waals surface area contributed by atoms with Gasteiger partial charge in [-0.25, -0.2) is 22.5 Å². The topological polar surface area (TPSA) is 106 Å². The van der Waals surface area contributed by atoms with Crippen LogP contribution in [0.15, 0.2) is 36.5 Å². The van der Waals surface area contributed by atoms with Crippen molar-refractivity contribution in [2.24, 2.45) is 0 Å². The quantitative estimate of drug-likeness (QED) is 0.420. The summed E-state index contributed by atoms with van der Waals surface area (Å²) >= 11 is 6.58. The number of imidazole rings is 1. The molecule has 1 amide bonds. The maximum atomic E-state index is 14.9. The van der Waals surface area contributed by atoms with Gasteiger partial charge in [-0.2, -0.15) is 4.39 Å². The first-order valence-electron chi connectivity index (χ1n) is 13.5. The summed E-state index contributed by atoms with van der Waals surface area (Å²) in [5, 5.41) is 2.98. The molecule has 0 atom stereocenters. The maximum absolute atomic E-state index is 14.9. The van der Waals surface area contributed by atoms with E-state index in [9.17, 15) is 22.0 Å². The van der Waals surface area contributed by atoms with Crippen LogP contribution in [0.3, 0.4) is 0 Å². The lowest BCUT2D eigenvalue weighted by molar-refractivity contribution is 0.0711. The Hall–Kier alpha value is -3.06. The van der Waals surface area contributed by atoms with Crippen molar-refractivity contribution < 1.29 is 26.7 Å². The number of hydrogen-bond donors (Lipinski definition) is 2. The second-order valence-corrected chi connectivity index (χ2v) is 12.7. The van der Waals surface area contributed by atoms with Crippen molar-refractivity contribution in [2.75, 3.05) is 33.3 Å². The first-order valence-corrected chi connectivity index (χ1v) is 15.4. The average molecular weight is 608 g/mol. The van der Waals surface area contributed by atoms with Gasteiger partial charge in [0.2, 0.25) is 15.8 Å². The molecular weight excluding hydrogens is 576 g/mol. The van der Waals surface area contributed by atoms with Gasteiger partial charge < -0.3 is 15.0 Å². The number of benzene rings is 2. The number of nitrogens with zero attached hydrogens (tertiary/aromatic N) is 3. The summed E-state index contributed by atoms with van der Waals surface area (Å²) < 4.78 is 64.2. The summed E-state index contributed by atoms with van der Waals surface area (Å²) in [7, 11) is -2.15. The number of aromatic nitrogens is 2. The molecule has 2 aromatic carbocycles. The van der Waals surface area contributed by atoms with Gasteiger partial charge in [0.15, 0.2) is 11.6 Å². The van der Waals surface area contributed by atoms with Crippen molar-refractivity contribution in [1.29, 1.82) is 0 Å². The molecule has 2 N–H and O–H groups in total. The summed E-state index contributed by atoms with van der Waals surface area (Å²) in [5.74, 6) is -2.11. The standard InChI is InChI=1S/C28H32ClF2N5O4S/c1-17-33-16-24(22-5-6-25(40-2)27(31)26(22)30)36(17)19-3-4-21(23(29)15-19)28(37)35-13-9-18(10-14-35)34-41(38,39)20-7-11-32-12-8-20/h3-6,15-16,18,20,32,34H,7-14H2,1-2H3. The van der Waals surface area contributed by atoms with E-state index >= 15 is 0 Å². The van der Waals surface area contributed by atoms with E-state index in [2.05, 4.69) is 15.0 Å². The summed E-state index contributed by atoms with van der Waals surface area (Å²) in [4.78, 5) is 19.3. The molecule has 2 fully saturated rings. The van der Waals surface area contributed by atoms with E-state index in [0.717, 1.165) is 0 Å². The van der Waals surface area contributed by atoms with Gasteiger partial charge in [-0.1, -0.05) is 11.6 Å². The highest BCUT2D eigenvalue weighted by molar-refractivity contribution is 7.90. The number of piperidine rings is 2. The van der Waals surface area contributed by atoms with Crippen LogP contribution in [0.2, 0.25) is 5.02 Å². The smallest absolute Gasteiger partial charge is 0.255 e. The third-order valence-corrected chi connectivity index (χ3v) is 10.1. The fourth-order valence-corrected chi connectivity index (χ4v) is 7.47. The Morgan fingerprint density at radius 3 is 2.46 bits per heavy atom. The number of nitrogens with one attached hydrogen (secondary N) is 2. The molecule has 9 nitrogen and oxygen atoms in total. The number of halogens is 3. The number of likely N-dealkylation sites (tertiary alicyclic amines) is 1. The number of aryl methyl sites for hydroxylation is 1. The zero-order valence-electron chi connectivity index (χ0n) is 22.8. The summed E-state index contributed by atoms with van der Waals surface area (Å²) in [6.07, 6.45) is 3.64. The lowest BCUT2D eigenvalue weighted by atomic mass is 10.0. The third kappa shape index (κ3) is 5.97. The lowest BCUT2D eigenvalue weighted by Crippen LogP contribution is -2.50. The van der Waals surface area contributed by atoms with Crippen LogP contribution in [0.1, 0.15) is 41.9 Å². The molecule has 0 saturated carbocycles. The minimum absolute atomic E-state index is 0.00109. The van der Waals surface area contributed by atoms with E-state index in [4.69, 9.17) is 16.3 Å². The second-order valence-electron chi connectivity index (χ2n) is 10.3. The predicted molar refractivity (Wildman–Crippen MR) is 152 cm³/mol. The van der Waals surface area contributed by atoms with E-state index in [1.165, 1.54) is 25.4 Å². The number of hydrogen-bond acceptors (Lipinski definition) is 6. The Labute approximate surface area is 242 Å². The van der Waals surface area contributed by atoms with Crippen molar-refractivity contribution in [3.05, 3.63) is 64.6 Å². The molecule has 2 saturated heterocycles. The fraction of sp³-hybridized carbons (Fsp3) is 0.429. The normalized spacial score (nSPS) is 17.1. The van der Waals surface area contributed by atoms with Crippen LogP contribution in [0.25, 0.3) is 16.9 Å². The molecule has 0 radical (unpaired) electrons.